The fourth-order valence-corrected chi connectivity index (χ4v) is 2.28. The van der Waals surface area contributed by atoms with E-state index in [4.69, 9.17) is 5.11 Å². The van der Waals surface area contributed by atoms with E-state index in [9.17, 15) is 14.4 Å². The third-order valence-electron chi connectivity index (χ3n) is 2.61. The quantitative estimate of drug-likeness (QED) is 0.763. The zero-order valence-electron chi connectivity index (χ0n) is 12.2. The number of aliphatic carboxylic acids is 1. The number of amides is 1. The minimum Gasteiger partial charge on any atom is -0.480 e. The van der Waals surface area contributed by atoms with E-state index in [0.717, 1.165) is 18.6 Å². The van der Waals surface area contributed by atoms with Crippen LogP contribution in [0.3, 0.4) is 0 Å². The van der Waals surface area contributed by atoms with Crippen LogP contribution in [0.4, 0.5) is 0 Å². The van der Waals surface area contributed by atoms with Gasteiger partial charge in [0.05, 0.1) is 19.2 Å². The molecular weight excluding hydrogens is 298 g/mol. The molecule has 1 amide bonds. The number of carboxylic acid groups (broad SMARTS) is 1. The normalized spacial score (nSPS) is 12.6. The van der Waals surface area contributed by atoms with Crippen LogP contribution in [0.1, 0.15) is 42.6 Å². The molecule has 0 aromatic carbocycles. The van der Waals surface area contributed by atoms with Crippen molar-refractivity contribution in [3.63, 3.8) is 0 Å². The molecule has 0 saturated heterocycles. The monoisotopic (exact) mass is 315 g/mol. The molecule has 0 radical (unpaired) electrons. The van der Waals surface area contributed by atoms with E-state index in [1.807, 2.05) is 20.8 Å². The van der Waals surface area contributed by atoms with Crippen LogP contribution in [-0.4, -0.2) is 45.7 Å². The average molecular weight is 315 g/mol. The topological polar surface area (TPSA) is 118 Å². The molecule has 0 bridgehead atoms. The van der Waals surface area contributed by atoms with E-state index in [1.165, 1.54) is 0 Å². The predicted molar refractivity (Wildman–Crippen MR) is 74.1 cm³/mol. The number of aromatic nitrogens is 2. The Morgan fingerprint density at radius 2 is 2.00 bits per heavy atom. The summed E-state index contributed by atoms with van der Waals surface area (Å²) in [5.74, 6) is -2.66. The van der Waals surface area contributed by atoms with Crippen LogP contribution >= 0.6 is 11.5 Å². The molecular formula is C12H17N3O5S. The van der Waals surface area contributed by atoms with Crippen LogP contribution < -0.4 is 5.32 Å². The van der Waals surface area contributed by atoms with Gasteiger partial charge in [-0.2, -0.15) is 0 Å². The Morgan fingerprint density at radius 3 is 2.48 bits per heavy atom. The molecule has 0 saturated carbocycles. The van der Waals surface area contributed by atoms with Crippen molar-refractivity contribution in [3.8, 4) is 0 Å². The van der Waals surface area contributed by atoms with Crippen LogP contribution in [0, 0.1) is 0 Å². The highest BCUT2D eigenvalue weighted by Crippen LogP contribution is 2.25. The molecule has 116 valence electrons. The summed E-state index contributed by atoms with van der Waals surface area (Å²) in [7, 11) is 1.15. The third-order valence-corrected chi connectivity index (χ3v) is 3.33. The van der Waals surface area contributed by atoms with Gasteiger partial charge >= 0.3 is 11.9 Å². The van der Waals surface area contributed by atoms with Gasteiger partial charge in [-0.25, -0.2) is 4.79 Å². The van der Waals surface area contributed by atoms with Crippen molar-refractivity contribution in [2.45, 2.75) is 38.6 Å². The number of esters is 1. The first-order chi connectivity index (χ1) is 9.66. The zero-order chi connectivity index (χ0) is 16.2. The second-order valence-corrected chi connectivity index (χ2v) is 6.10. The largest absolute Gasteiger partial charge is 0.480 e. The van der Waals surface area contributed by atoms with Gasteiger partial charge in [0.25, 0.3) is 5.91 Å². The molecule has 0 aliphatic carbocycles. The molecule has 8 nitrogen and oxygen atoms in total. The van der Waals surface area contributed by atoms with Crippen LogP contribution in [0.25, 0.3) is 0 Å². The van der Waals surface area contributed by atoms with E-state index in [0.29, 0.717) is 5.69 Å². The Hall–Kier alpha value is -2.03. The minimum absolute atomic E-state index is 0.235. The second kappa shape index (κ2) is 6.61. The number of nitrogens with zero attached hydrogens (tertiary/aromatic N) is 2. The molecule has 1 rings (SSSR count). The number of hydrogen-bond donors (Lipinski definition) is 2. The minimum atomic E-state index is -1.36. The van der Waals surface area contributed by atoms with Crippen LogP contribution in [-0.2, 0) is 19.7 Å². The summed E-state index contributed by atoms with van der Waals surface area (Å²) in [6.45, 7) is 5.59. The average Bonchev–Trinajstić information content (AvgIpc) is 2.86. The highest BCUT2D eigenvalue weighted by atomic mass is 32.1. The smallest absolute Gasteiger partial charge is 0.326 e. The van der Waals surface area contributed by atoms with E-state index in [1.54, 1.807) is 0 Å². The fraction of sp³-hybridized carbons (Fsp3) is 0.583. The van der Waals surface area contributed by atoms with E-state index < -0.39 is 35.7 Å². The summed E-state index contributed by atoms with van der Waals surface area (Å²) < 4.78 is 8.14. The molecule has 1 heterocycles. The van der Waals surface area contributed by atoms with Crippen molar-refractivity contribution >= 4 is 29.4 Å². The van der Waals surface area contributed by atoms with Crippen LogP contribution in [0.5, 0.6) is 0 Å². The third kappa shape index (κ3) is 4.48. The first kappa shape index (κ1) is 17.0. The molecule has 1 aromatic heterocycles. The standard InChI is InChI=1S/C12H17N3O5S/c1-12(2,3)9-8(21-15-14-9)10(17)13-6(11(18)19)5-7(16)20-4/h6H,5H2,1-4H3,(H,13,17)(H,18,19)/t6-/m0/s1. The molecule has 2 N–H and O–H groups in total. The predicted octanol–water partition coefficient (Wildman–Crippen LogP) is 0.582. The second-order valence-electron chi connectivity index (χ2n) is 5.35. The molecule has 9 heteroatoms. The lowest BCUT2D eigenvalue weighted by molar-refractivity contribution is -0.147. The summed E-state index contributed by atoms with van der Waals surface area (Å²) in [6, 6.07) is -1.36. The first-order valence-electron chi connectivity index (χ1n) is 6.10. The Morgan fingerprint density at radius 1 is 1.38 bits per heavy atom. The van der Waals surface area contributed by atoms with Gasteiger partial charge in [0.2, 0.25) is 0 Å². The van der Waals surface area contributed by atoms with Crippen molar-refractivity contribution in [2.75, 3.05) is 7.11 Å². The van der Waals surface area contributed by atoms with Gasteiger partial charge in [-0.15, -0.1) is 5.10 Å². The number of ether oxygens (including phenoxy) is 1. The maximum Gasteiger partial charge on any atom is 0.326 e. The van der Waals surface area contributed by atoms with E-state index in [-0.39, 0.29) is 4.88 Å². The highest BCUT2D eigenvalue weighted by molar-refractivity contribution is 7.08. The van der Waals surface area contributed by atoms with Gasteiger partial charge in [0.1, 0.15) is 10.9 Å². The van der Waals surface area contributed by atoms with Crippen molar-refractivity contribution < 1.29 is 24.2 Å². The van der Waals surface area contributed by atoms with Gasteiger partial charge in [0.15, 0.2) is 0 Å². The van der Waals surface area contributed by atoms with Gasteiger partial charge in [0, 0.05) is 5.41 Å². The maximum atomic E-state index is 12.2. The Labute approximate surface area is 125 Å². The molecule has 0 fully saturated rings. The summed E-state index contributed by atoms with van der Waals surface area (Å²) in [4.78, 5) is 34.6. The lowest BCUT2D eigenvalue weighted by Crippen LogP contribution is -2.42. The molecule has 0 unspecified atom stereocenters. The van der Waals surface area contributed by atoms with Crippen molar-refractivity contribution in [1.29, 1.82) is 0 Å². The number of nitrogens with one attached hydrogen (secondary N) is 1. The van der Waals surface area contributed by atoms with Crippen molar-refractivity contribution in [2.24, 2.45) is 0 Å². The summed E-state index contributed by atoms with van der Waals surface area (Å²) in [5.41, 5.74) is 0.0769. The Balaban J connectivity index is 2.91. The summed E-state index contributed by atoms with van der Waals surface area (Å²) >= 11 is 0.881. The lowest BCUT2D eigenvalue weighted by atomic mass is 9.91. The highest BCUT2D eigenvalue weighted by Gasteiger charge is 2.30. The number of rotatable bonds is 5. The first-order valence-corrected chi connectivity index (χ1v) is 6.87. The molecule has 1 aromatic rings. The van der Waals surface area contributed by atoms with E-state index in [2.05, 4.69) is 19.6 Å². The van der Waals surface area contributed by atoms with Gasteiger partial charge in [-0.1, -0.05) is 25.3 Å². The van der Waals surface area contributed by atoms with Gasteiger partial charge < -0.3 is 15.2 Å². The zero-order valence-corrected chi connectivity index (χ0v) is 13.0. The van der Waals surface area contributed by atoms with Crippen LogP contribution in [0.15, 0.2) is 0 Å². The van der Waals surface area contributed by atoms with Crippen molar-refractivity contribution in [3.05, 3.63) is 10.6 Å². The SMILES string of the molecule is COC(=O)C[C@H](NC(=O)c1snnc1C(C)(C)C)C(=O)O. The number of carboxylic acids is 1. The molecule has 0 spiro atoms. The number of carbonyl (C=O) groups excluding carboxylic acids is 2. The molecule has 1 atom stereocenters. The van der Waals surface area contributed by atoms with E-state index >= 15 is 0 Å². The molecule has 21 heavy (non-hydrogen) atoms. The number of carbonyl (C=O) groups is 3. The lowest BCUT2D eigenvalue weighted by Gasteiger charge is -2.17. The summed E-state index contributed by atoms with van der Waals surface area (Å²) in [5, 5.41) is 15.2. The number of methoxy groups -OCH3 is 1. The van der Waals surface area contributed by atoms with Crippen LogP contribution in [0.2, 0.25) is 0 Å². The summed E-state index contributed by atoms with van der Waals surface area (Å²) in [6.07, 6.45) is -0.450. The van der Waals surface area contributed by atoms with Gasteiger partial charge in [-0.3, -0.25) is 9.59 Å². The Kier molecular flexibility index (Phi) is 5.36. The molecule has 0 aliphatic rings. The maximum absolute atomic E-state index is 12.2. The molecule has 0 aliphatic heterocycles. The van der Waals surface area contributed by atoms with Crippen molar-refractivity contribution in [1.82, 2.24) is 14.9 Å². The fourth-order valence-electron chi connectivity index (χ4n) is 1.50. The van der Waals surface area contributed by atoms with Gasteiger partial charge in [-0.05, 0) is 11.5 Å². The Bertz CT molecular complexity index is 549. The number of hydrogen-bond acceptors (Lipinski definition) is 7.